The third kappa shape index (κ3) is 6.15. The number of hydrogen-bond donors (Lipinski definition) is 0. The second kappa shape index (κ2) is 8.75. The molecule has 0 amide bonds. The van der Waals surface area contributed by atoms with Crippen molar-refractivity contribution >= 4 is 0 Å². The summed E-state index contributed by atoms with van der Waals surface area (Å²) in [5.41, 5.74) is 5.40. The highest BCUT2D eigenvalue weighted by atomic mass is 14.4. The summed E-state index contributed by atoms with van der Waals surface area (Å²) in [5, 5.41) is 0. The molecule has 1 atom stereocenters. The summed E-state index contributed by atoms with van der Waals surface area (Å²) in [5.74, 6) is 0.629. The fraction of sp³-hybridized carbons (Fsp3) is 0.727. The van der Waals surface area contributed by atoms with Gasteiger partial charge in [-0.1, -0.05) is 87.4 Å². The molecule has 0 saturated heterocycles. The Morgan fingerprint density at radius 2 is 1.41 bits per heavy atom. The lowest BCUT2D eigenvalue weighted by Gasteiger charge is -2.37. The molecule has 128 valence electrons. The first kappa shape index (κ1) is 21.2. The Hall–Kier alpha value is -0.780. The summed E-state index contributed by atoms with van der Waals surface area (Å²) in [6.07, 6.45) is 3.54. The van der Waals surface area contributed by atoms with E-state index in [0.29, 0.717) is 16.7 Å². The molecule has 0 fully saturated rings. The highest BCUT2D eigenvalue weighted by Gasteiger charge is 2.31. The molecule has 0 bridgehead atoms. The van der Waals surface area contributed by atoms with Crippen molar-refractivity contribution in [2.75, 3.05) is 0 Å². The summed E-state index contributed by atoms with van der Waals surface area (Å²) < 4.78 is 0. The molecule has 0 radical (unpaired) electrons. The zero-order valence-corrected chi connectivity index (χ0v) is 16.9. The summed E-state index contributed by atoms with van der Waals surface area (Å²) in [4.78, 5) is 0. The first-order valence-corrected chi connectivity index (χ1v) is 9.20. The molecule has 0 aromatic heterocycles. The highest BCUT2D eigenvalue weighted by molar-refractivity contribution is 5.38. The van der Waals surface area contributed by atoms with Crippen LogP contribution in [0.15, 0.2) is 18.2 Å². The van der Waals surface area contributed by atoms with E-state index < -0.39 is 0 Å². The minimum absolute atomic E-state index is 0.309. The number of hydrogen-bond acceptors (Lipinski definition) is 0. The van der Waals surface area contributed by atoms with Crippen molar-refractivity contribution in [3.63, 3.8) is 0 Å². The SMILES string of the molecule is CC.CCc1cccc(C(CC(C)(C)C)C(C)(C)C)c1CC. The minimum atomic E-state index is 0.309. The Morgan fingerprint density at radius 1 is 0.864 bits per heavy atom. The monoisotopic (exact) mass is 304 g/mol. The molecule has 0 spiro atoms. The second-order valence-electron chi connectivity index (χ2n) is 8.38. The predicted octanol–water partition coefficient (Wildman–Crippen LogP) is 7.40. The largest absolute Gasteiger partial charge is 0.0683 e. The molecule has 0 nitrogen and oxygen atoms in total. The Balaban J connectivity index is 0.00000211. The number of benzene rings is 1. The summed E-state index contributed by atoms with van der Waals surface area (Å²) in [6, 6.07) is 6.94. The van der Waals surface area contributed by atoms with Gasteiger partial charge < -0.3 is 0 Å². The molecule has 1 aromatic carbocycles. The van der Waals surface area contributed by atoms with Crippen LogP contribution in [0.2, 0.25) is 0 Å². The van der Waals surface area contributed by atoms with Gasteiger partial charge in [0.1, 0.15) is 0 Å². The molecule has 0 saturated carbocycles. The van der Waals surface area contributed by atoms with E-state index >= 15 is 0 Å². The van der Waals surface area contributed by atoms with Gasteiger partial charge in [-0.15, -0.1) is 0 Å². The predicted molar refractivity (Wildman–Crippen MR) is 103 cm³/mol. The normalized spacial score (nSPS) is 13.4. The first-order valence-electron chi connectivity index (χ1n) is 9.20. The molecule has 0 heteroatoms. The van der Waals surface area contributed by atoms with Crippen LogP contribution >= 0.6 is 0 Å². The van der Waals surface area contributed by atoms with Crippen LogP contribution in [0, 0.1) is 10.8 Å². The van der Waals surface area contributed by atoms with E-state index in [1.807, 2.05) is 13.8 Å². The van der Waals surface area contributed by atoms with Gasteiger partial charge in [-0.25, -0.2) is 0 Å². The first-order chi connectivity index (χ1) is 10.1. The van der Waals surface area contributed by atoms with Crippen molar-refractivity contribution in [1.29, 1.82) is 0 Å². The van der Waals surface area contributed by atoms with Gasteiger partial charge >= 0.3 is 0 Å². The van der Waals surface area contributed by atoms with Crippen LogP contribution in [0.4, 0.5) is 0 Å². The third-order valence-electron chi connectivity index (χ3n) is 4.28. The molecule has 0 heterocycles. The molecule has 0 aliphatic carbocycles. The van der Waals surface area contributed by atoms with Crippen LogP contribution in [0.25, 0.3) is 0 Å². The van der Waals surface area contributed by atoms with E-state index in [1.165, 1.54) is 12.0 Å². The van der Waals surface area contributed by atoms with Gasteiger partial charge in [-0.3, -0.25) is 0 Å². The Kier molecular flexibility index (Phi) is 8.44. The van der Waals surface area contributed by atoms with Crippen LogP contribution in [-0.4, -0.2) is 0 Å². The van der Waals surface area contributed by atoms with Crippen molar-refractivity contribution in [1.82, 2.24) is 0 Å². The fourth-order valence-electron chi connectivity index (χ4n) is 3.24. The Labute approximate surface area is 140 Å². The Morgan fingerprint density at radius 3 is 1.77 bits per heavy atom. The standard InChI is InChI=1S/C20H34.C2H6/c1-9-15-12-11-13-17(16(15)10-2)18(20(6,7)8)14-19(3,4)5;1-2/h11-13,18H,9-10,14H2,1-8H3;1-2H3. The van der Waals surface area contributed by atoms with E-state index in [9.17, 15) is 0 Å². The fourth-order valence-corrected chi connectivity index (χ4v) is 3.24. The average molecular weight is 305 g/mol. The molecule has 1 unspecified atom stereocenters. The summed E-state index contributed by atoms with van der Waals surface area (Å²) >= 11 is 0. The van der Waals surface area contributed by atoms with Crippen molar-refractivity contribution in [2.45, 2.75) is 94.4 Å². The molecule has 0 aliphatic heterocycles. The van der Waals surface area contributed by atoms with Gasteiger partial charge in [0, 0.05) is 0 Å². The van der Waals surface area contributed by atoms with Crippen LogP contribution < -0.4 is 0 Å². The Bertz CT molecular complexity index is 426. The van der Waals surface area contributed by atoms with E-state index in [-0.39, 0.29) is 0 Å². The van der Waals surface area contributed by atoms with E-state index in [4.69, 9.17) is 0 Å². The average Bonchev–Trinajstić information content (AvgIpc) is 2.44. The molecule has 1 aromatic rings. The van der Waals surface area contributed by atoms with Crippen LogP contribution in [0.5, 0.6) is 0 Å². The smallest absolute Gasteiger partial charge is 0.0105 e. The van der Waals surface area contributed by atoms with Crippen molar-refractivity contribution in [3.8, 4) is 0 Å². The lowest BCUT2D eigenvalue weighted by atomic mass is 9.67. The molecule has 22 heavy (non-hydrogen) atoms. The summed E-state index contributed by atoms with van der Waals surface area (Å²) in [6.45, 7) is 22.8. The number of aryl methyl sites for hydroxylation is 1. The van der Waals surface area contributed by atoms with Crippen molar-refractivity contribution < 1.29 is 0 Å². The lowest BCUT2D eigenvalue weighted by Crippen LogP contribution is -2.25. The molecule has 0 N–H and O–H groups in total. The zero-order chi connectivity index (χ0) is 17.6. The minimum Gasteiger partial charge on any atom is -0.0683 e. The van der Waals surface area contributed by atoms with E-state index in [2.05, 4.69) is 73.6 Å². The van der Waals surface area contributed by atoms with Gasteiger partial charge in [0.15, 0.2) is 0 Å². The van der Waals surface area contributed by atoms with E-state index in [0.717, 1.165) is 12.8 Å². The van der Waals surface area contributed by atoms with Crippen LogP contribution in [0.1, 0.15) is 98.3 Å². The molecular formula is C22H40. The maximum absolute atomic E-state index is 2.39. The zero-order valence-electron chi connectivity index (χ0n) is 16.9. The molecular weight excluding hydrogens is 264 g/mol. The second-order valence-corrected chi connectivity index (χ2v) is 8.38. The third-order valence-corrected chi connectivity index (χ3v) is 4.28. The van der Waals surface area contributed by atoms with Crippen molar-refractivity contribution in [2.24, 2.45) is 10.8 Å². The lowest BCUT2D eigenvalue weighted by molar-refractivity contribution is 0.228. The van der Waals surface area contributed by atoms with Gasteiger partial charge in [-0.05, 0) is 52.7 Å². The van der Waals surface area contributed by atoms with Gasteiger partial charge in [0.25, 0.3) is 0 Å². The van der Waals surface area contributed by atoms with E-state index in [1.54, 1.807) is 11.1 Å². The van der Waals surface area contributed by atoms with Crippen LogP contribution in [-0.2, 0) is 12.8 Å². The molecule has 0 aliphatic rings. The maximum Gasteiger partial charge on any atom is -0.0105 e. The summed E-state index contributed by atoms with van der Waals surface area (Å²) in [7, 11) is 0. The van der Waals surface area contributed by atoms with Gasteiger partial charge in [0.05, 0.1) is 0 Å². The van der Waals surface area contributed by atoms with Gasteiger partial charge in [0.2, 0.25) is 0 Å². The van der Waals surface area contributed by atoms with Gasteiger partial charge in [-0.2, -0.15) is 0 Å². The maximum atomic E-state index is 2.39. The number of rotatable bonds is 4. The topological polar surface area (TPSA) is 0 Å². The van der Waals surface area contributed by atoms with Crippen LogP contribution in [0.3, 0.4) is 0 Å². The van der Waals surface area contributed by atoms with Crippen molar-refractivity contribution in [3.05, 3.63) is 34.9 Å². The molecule has 1 rings (SSSR count). The quantitative estimate of drug-likeness (QED) is 0.543. The highest BCUT2D eigenvalue weighted by Crippen LogP contribution is 2.44.